The standard InChI is InChI=1S/C9H6ClF3N4/c10-8-5(6-2-7(14)17-16-6)1-4(3-15-8)9(11,12)13/h1-3H,(H3,14,16,17). The molecule has 0 aromatic carbocycles. The first-order chi connectivity index (χ1) is 7.88. The number of nitrogens with zero attached hydrogens (tertiary/aromatic N) is 2. The minimum Gasteiger partial charge on any atom is -0.382 e. The highest BCUT2D eigenvalue weighted by Gasteiger charge is 2.31. The molecular weight excluding hydrogens is 257 g/mol. The van der Waals surface area contributed by atoms with Crippen molar-refractivity contribution >= 4 is 17.4 Å². The second-order valence-electron chi connectivity index (χ2n) is 3.27. The molecule has 3 N–H and O–H groups in total. The van der Waals surface area contributed by atoms with Crippen LogP contribution in [0.3, 0.4) is 0 Å². The van der Waals surface area contributed by atoms with Crippen molar-refractivity contribution in [1.29, 1.82) is 0 Å². The summed E-state index contributed by atoms with van der Waals surface area (Å²) in [5.41, 5.74) is 4.86. The van der Waals surface area contributed by atoms with Crippen LogP contribution < -0.4 is 5.73 Å². The largest absolute Gasteiger partial charge is 0.417 e. The van der Waals surface area contributed by atoms with Crippen LogP contribution in [0.2, 0.25) is 5.15 Å². The van der Waals surface area contributed by atoms with Gasteiger partial charge in [0.25, 0.3) is 0 Å². The molecule has 90 valence electrons. The fraction of sp³-hybridized carbons (Fsp3) is 0.111. The van der Waals surface area contributed by atoms with E-state index in [1.807, 2.05) is 0 Å². The maximum absolute atomic E-state index is 12.5. The molecule has 0 aliphatic carbocycles. The van der Waals surface area contributed by atoms with E-state index in [1.165, 1.54) is 6.07 Å². The number of hydrogen-bond donors (Lipinski definition) is 2. The van der Waals surface area contributed by atoms with Gasteiger partial charge in [-0.3, -0.25) is 5.10 Å². The van der Waals surface area contributed by atoms with Gasteiger partial charge in [0, 0.05) is 17.8 Å². The van der Waals surface area contributed by atoms with E-state index >= 15 is 0 Å². The average Bonchev–Trinajstić information content (AvgIpc) is 2.63. The molecule has 17 heavy (non-hydrogen) atoms. The Morgan fingerprint density at radius 3 is 2.53 bits per heavy atom. The van der Waals surface area contributed by atoms with Crippen molar-refractivity contribution in [2.24, 2.45) is 0 Å². The lowest BCUT2D eigenvalue weighted by Crippen LogP contribution is -2.06. The normalized spacial score (nSPS) is 11.8. The zero-order valence-electron chi connectivity index (χ0n) is 8.22. The van der Waals surface area contributed by atoms with Crippen molar-refractivity contribution in [3.05, 3.63) is 29.0 Å². The third-order valence-corrected chi connectivity index (χ3v) is 2.36. The van der Waals surface area contributed by atoms with Crippen molar-refractivity contribution in [1.82, 2.24) is 15.2 Å². The number of nitrogens with two attached hydrogens (primary N) is 1. The number of H-pyrrole nitrogens is 1. The highest BCUT2D eigenvalue weighted by atomic mass is 35.5. The van der Waals surface area contributed by atoms with Gasteiger partial charge < -0.3 is 5.73 Å². The van der Waals surface area contributed by atoms with Crippen LogP contribution in [0, 0.1) is 0 Å². The number of nitrogens with one attached hydrogen (secondary N) is 1. The number of rotatable bonds is 1. The summed E-state index contributed by atoms with van der Waals surface area (Å²) in [5, 5.41) is 6.03. The lowest BCUT2D eigenvalue weighted by molar-refractivity contribution is -0.137. The second-order valence-corrected chi connectivity index (χ2v) is 3.62. The van der Waals surface area contributed by atoms with E-state index < -0.39 is 11.7 Å². The number of halogens is 4. The van der Waals surface area contributed by atoms with Gasteiger partial charge in [0.05, 0.1) is 11.3 Å². The van der Waals surface area contributed by atoms with Gasteiger partial charge in [0.1, 0.15) is 11.0 Å². The SMILES string of the molecule is Nc1cc(-c2cc(C(F)(F)F)cnc2Cl)[nH]n1. The topological polar surface area (TPSA) is 67.6 Å². The van der Waals surface area contributed by atoms with Gasteiger partial charge in [0.2, 0.25) is 0 Å². The second kappa shape index (κ2) is 3.92. The van der Waals surface area contributed by atoms with E-state index in [-0.39, 0.29) is 22.2 Å². The third kappa shape index (κ3) is 2.33. The summed E-state index contributed by atoms with van der Waals surface area (Å²) in [6.07, 6.45) is -3.80. The Kier molecular flexibility index (Phi) is 2.70. The predicted molar refractivity (Wildman–Crippen MR) is 56.2 cm³/mol. The molecule has 0 radical (unpaired) electrons. The maximum Gasteiger partial charge on any atom is 0.417 e. The van der Waals surface area contributed by atoms with Gasteiger partial charge in [-0.2, -0.15) is 18.3 Å². The van der Waals surface area contributed by atoms with Crippen LogP contribution in [0.25, 0.3) is 11.3 Å². The van der Waals surface area contributed by atoms with Gasteiger partial charge in [-0.05, 0) is 6.07 Å². The monoisotopic (exact) mass is 262 g/mol. The van der Waals surface area contributed by atoms with Crippen molar-refractivity contribution < 1.29 is 13.2 Å². The molecule has 4 nitrogen and oxygen atoms in total. The number of anilines is 1. The minimum atomic E-state index is -4.47. The molecule has 0 amide bonds. The van der Waals surface area contributed by atoms with E-state index in [4.69, 9.17) is 17.3 Å². The van der Waals surface area contributed by atoms with E-state index in [1.54, 1.807) is 0 Å². The quantitative estimate of drug-likeness (QED) is 0.777. The highest BCUT2D eigenvalue weighted by molar-refractivity contribution is 6.32. The first-order valence-corrected chi connectivity index (χ1v) is 4.79. The summed E-state index contributed by atoms with van der Waals surface area (Å²) in [7, 11) is 0. The van der Waals surface area contributed by atoms with Gasteiger partial charge >= 0.3 is 6.18 Å². The van der Waals surface area contributed by atoms with E-state index in [0.29, 0.717) is 6.20 Å². The van der Waals surface area contributed by atoms with Gasteiger partial charge in [-0.25, -0.2) is 4.98 Å². The predicted octanol–water partition coefficient (Wildman–Crippen LogP) is 2.73. The lowest BCUT2D eigenvalue weighted by atomic mass is 10.1. The molecule has 0 unspecified atom stereocenters. The first-order valence-electron chi connectivity index (χ1n) is 4.42. The Morgan fingerprint density at radius 2 is 2.00 bits per heavy atom. The molecule has 0 saturated heterocycles. The molecule has 0 atom stereocenters. The van der Waals surface area contributed by atoms with Crippen LogP contribution in [0.15, 0.2) is 18.3 Å². The number of alkyl halides is 3. The van der Waals surface area contributed by atoms with Crippen LogP contribution >= 0.6 is 11.6 Å². The summed E-state index contributed by atoms with van der Waals surface area (Å²) < 4.78 is 37.5. The average molecular weight is 263 g/mol. The van der Waals surface area contributed by atoms with Gasteiger partial charge in [-0.15, -0.1) is 0 Å². The zero-order chi connectivity index (χ0) is 12.6. The molecule has 0 bridgehead atoms. The van der Waals surface area contributed by atoms with Gasteiger partial charge in [-0.1, -0.05) is 11.6 Å². The summed E-state index contributed by atoms with van der Waals surface area (Å²) in [4.78, 5) is 3.49. The molecule has 2 heterocycles. The van der Waals surface area contributed by atoms with Crippen molar-refractivity contribution in [3.8, 4) is 11.3 Å². The molecule has 0 saturated carbocycles. The molecule has 0 aliphatic rings. The van der Waals surface area contributed by atoms with E-state index in [0.717, 1.165) is 6.07 Å². The molecule has 0 spiro atoms. The van der Waals surface area contributed by atoms with Crippen LogP contribution in [0.5, 0.6) is 0 Å². The van der Waals surface area contributed by atoms with Crippen LogP contribution in [-0.4, -0.2) is 15.2 Å². The van der Waals surface area contributed by atoms with E-state index in [9.17, 15) is 13.2 Å². The maximum atomic E-state index is 12.5. The highest BCUT2D eigenvalue weighted by Crippen LogP contribution is 2.34. The summed E-state index contributed by atoms with van der Waals surface area (Å²) >= 11 is 5.72. The fourth-order valence-electron chi connectivity index (χ4n) is 1.27. The summed E-state index contributed by atoms with van der Waals surface area (Å²) in [6.45, 7) is 0. The molecule has 2 rings (SSSR count). The minimum absolute atomic E-state index is 0.0540. The Labute approximate surface area is 98.6 Å². The number of aromatic nitrogens is 3. The fourth-order valence-corrected chi connectivity index (χ4v) is 1.47. The van der Waals surface area contributed by atoms with Crippen molar-refractivity contribution in [2.75, 3.05) is 5.73 Å². The Hall–Kier alpha value is -1.76. The molecule has 8 heteroatoms. The van der Waals surface area contributed by atoms with Crippen LogP contribution in [0.1, 0.15) is 5.56 Å². The summed E-state index contributed by atoms with van der Waals surface area (Å²) in [5.74, 6) is 0.161. The molecular formula is C9H6ClF3N4. The number of hydrogen-bond acceptors (Lipinski definition) is 3. The lowest BCUT2D eigenvalue weighted by Gasteiger charge is -2.08. The molecule has 2 aromatic rings. The number of nitrogen functional groups attached to an aromatic ring is 1. The third-order valence-electron chi connectivity index (χ3n) is 2.05. The Balaban J connectivity index is 2.54. The van der Waals surface area contributed by atoms with E-state index in [2.05, 4.69) is 15.2 Å². The molecule has 0 fully saturated rings. The Morgan fingerprint density at radius 1 is 1.29 bits per heavy atom. The Bertz CT molecular complexity index is 549. The number of pyridine rings is 1. The van der Waals surface area contributed by atoms with Crippen molar-refractivity contribution in [2.45, 2.75) is 6.18 Å². The first kappa shape index (κ1) is 11.7. The zero-order valence-corrected chi connectivity index (χ0v) is 8.97. The number of aromatic amines is 1. The summed E-state index contributed by atoms with van der Waals surface area (Å²) in [6, 6.07) is 2.27. The van der Waals surface area contributed by atoms with Crippen LogP contribution in [0.4, 0.5) is 19.0 Å². The van der Waals surface area contributed by atoms with Crippen molar-refractivity contribution in [3.63, 3.8) is 0 Å². The van der Waals surface area contributed by atoms with Gasteiger partial charge in [0.15, 0.2) is 0 Å². The smallest absolute Gasteiger partial charge is 0.382 e. The molecule has 0 aliphatic heterocycles. The molecule has 2 aromatic heterocycles. The van der Waals surface area contributed by atoms with Crippen LogP contribution in [-0.2, 0) is 6.18 Å².